The van der Waals surface area contributed by atoms with Crippen LogP contribution in [0.1, 0.15) is 6.92 Å². The van der Waals surface area contributed by atoms with Crippen molar-refractivity contribution in [2.24, 2.45) is 0 Å². The normalized spacial score (nSPS) is 15.3. The van der Waals surface area contributed by atoms with Crippen molar-refractivity contribution in [3.8, 4) is 11.5 Å². The van der Waals surface area contributed by atoms with Gasteiger partial charge in [0.15, 0.2) is 0 Å². The van der Waals surface area contributed by atoms with Gasteiger partial charge in [0.2, 0.25) is 0 Å². The van der Waals surface area contributed by atoms with E-state index < -0.39 is 13.7 Å². The van der Waals surface area contributed by atoms with Crippen LogP contribution in [0.25, 0.3) is 0 Å². The first kappa shape index (κ1) is 11.9. The largest absolute Gasteiger partial charge is 0.376 e. The van der Waals surface area contributed by atoms with Crippen molar-refractivity contribution in [2.75, 3.05) is 0 Å². The molecule has 1 rings (SSSR count). The summed E-state index contributed by atoms with van der Waals surface area (Å²) < 4.78 is 1.58. The molecule has 15 heavy (non-hydrogen) atoms. The summed E-state index contributed by atoms with van der Waals surface area (Å²) in [5.74, 6) is 2.92. The molecule has 0 aliphatic heterocycles. The number of hydrogen-bond acceptors (Lipinski definition) is 3. The molecule has 0 amide bonds. The molecule has 5 heteroatoms. The minimum atomic E-state index is -1.43. The summed E-state index contributed by atoms with van der Waals surface area (Å²) in [6.07, 6.45) is 3.02. The summed E-state index contributed by atoms with van der Waals surface area (Å²) in [7, 11) is -1.43. The smallest absolute Gasteiger partial charge is 0.141 e. The summed E-state index contributed by atoms with van der Waals surface area (Å²) in [5.41, 5.74) is 2.12. The van der Waals surface area contributed by atoms with Gasteiger partial charge in [-0.25, -0.2) is 9.67 Å². The van der Waals surface area contributed by atoms with Crippen LogP contribution in [0.2, 0.25) is 19.6 Å². The minimum absolute atomic E-state index is 0.352. The third-order valence-corrected chi connectivity index (χ3v) is 2.52. The van der Waals surface area contributed by atoms with E-state index >= 15 is 0 Å². The summed E-state index contributed by atoms with van der Waals surface area (Å²) in [6.45, 7) is 8.48. The zero-order valence-electron chi connectivity index (χ0n) is 9.65. The molecule has 1 heterocycles. The fourth-order valence-electron chi connectivity index (χ4n) is 0.991. The molecule has 1 aromatic rings. The zero-order chi connectivity index (χ0) is 11.5. The Morgan fingerprint density at radius 1 is 1.47 bits per heavy atom. The van der Waals surface area contributed by atoms with E-state index in [2.05, 4.69) is 41.2 Å². The molecule has 0 spiro atoms. The van der Waals surface area contributed by atoms with Gasteiger partial charge in [-0.1, -0.05) is 25.6 Å². The first-order chi connectivity index (χ1) is 6.79. The maximum absolute atomic E-state index is 10.0. The first-order valence-corrected chi connectivity index (χ1v) is 8.38. The Morgan fingerprint density at radius 3 is 2.60 bits per heavy atom. The lowest BCUT2D eigenvalue weighted by Crippen LogP contribution is -2.30. The minimum Gasteiger partial charge on any atom is -0.376 e. The second-order valence-electron chi connectivity index (χ2n) is 4.87. The molecule has 0 radical (unpaired) electrons. The van der Waals surface area contributed by atoms with Crippen molar-refractivity contribution in [2.45, 2.75) is 38.7 Å². The predicted octanol–water partition coefficient (Wildman–Crippen LogP) is 0.910. The van der Waals surface area contributed by atoms with Gasteiger partial charge >= 0.3 is 0 Å². The second kappa shape index (κ2) is 4.17. The van der Waals surface area contributed by atoms with Crippen LogP contribution in [0.15, 0.2) is 12.7 Å². The third-order valence-electron chi connectivity index (χ3n) is 1.64. The van der Waals surface area contributed by atoms with E-state index in [0.717, 1.165) is 0 Å². The Labute approximate surface area is 91.4 Å². The molecule has 82 valence electrons. The highest BCUT2D eigenvalue weighted by Crippen LogP contribution is 2.06. The van der Waals surface area contributed by atoms with Gasteiger partial charge in [-0.15, -0.1) is 5.54 Å². The highest BCUT2D eigenvalue weighted by atomic mass is 28.3. The third kappa shape index (κ3) is 4.77. The van der Waals surface area contributed by atoms with Gasteiger partial charge in [-0.2, -0.15) is 5.10 Å². The zero-order valence-corrected chi connectivity index (χ0v) is 10.7. The molecular weight excluding hydrogens is 206 g/mol. The molecule has 0 saturated carbocycles. The lowest BCUT2D eigenvalue weighted by Gasteiger charge is -2.16. The molecule has 1 unspecified atom stereocenters. The molecule has 1 atom stereocenters. The van der Waals surface area contributed by atoms with Crippen LogP contribution in [0.4, 0.5) is 0 Å². The Bertz CT molecular complexity index is 368. The highest BCUT2D eigenvalue weighted by Gasteiger charge is 2.19. The van der Waals surface area contributed by atoms with Gasteiger partial charge in [-0.05, 0) is 6.92 Å². The molecule has 4 nitrogen and oxygen atoms in total. The number of nitrogens with zero attached hydrogens (tertiary/aromatic N) is 3. The van der Waals surface area contributed by atoms with E-state index in [1.165, 1.54) is 6.33 Å². The monoisotopic (exact) mass is 223 g/mol. The summed E-state index contributed by atoms with van der Waals surface area (Å²) in [5, 5.41) is 13.9. The molecule has 0 bridgehead atoms. The Kier molecular flexibility index (Phi) is 3.32. The SMILES string of the molecule is CC(O)(C#C[Si](C)(C)C)Cn1cncn1. The van der Waals surface area contributed by atoms with E-state index in [4.69, 9.17) is 0 Å². The molecule has 1 aromatic heterocycles. The summed E-state index contributed by atoms with van der Waals surface area (Å²) in [6, 6.07) is 0. The lowest BCUT2D eigenvalue weighted by molar-refractivity contribution is 0.0976. The number of hydrogen-bond donors (Lipinski definition) is 1. The average molecular weight is 223 g/mol. The van der Waals surface area contributed by atoms with Crippen LogP contribution in [0.5, 0.6) is 0 Å². The molecule has 0 saturated heterocycles. The van der Waals surface area contributed by atoms with E-state index in [1.807, 2.05) is 0 Å². The van der Waals surface area contributed by atoms with Crippen LogP contribution in [0.3, 0.4) is 0 Å². The van der Waals surface area contributed by atoms with E-state index in [9.17, 15) is 5.11 Å². The summed E-state index contributed by atoms with van der Waals surface area (Å²) >= 11 is 0. The Morgan fingerprint density at radius 2 is 2.13 bits per heavy atom. The van der Waals surface area contributed by atoms with Gasteiger partial charge < -0.3 is 5.11 Å². The van der Waals surface area contributed by atoms with Crippen molar-refractivity contribution in [3.63, 3.8) is 0 Å². The van der Waals surface area contributed by atoms with E-state index in [-0.39, 0.29) is 0 Å². The molecule has 0 fully saturated rings. The fraction of sp³-hybridized carbons (Fsp3) is 0.600. The van der Waals surface area contributed by atoms with Crippen LogP contribution < -0.4 is 0 Å². The van der Waals surface area contributed by atoms with E-state index in [0.29, 0.717) is 6.54 Å². The van der Waals surface area contributed by atoms with Crippen molar-refractivity contribution in [3.05, 3.63) is 12.7 Å². The predicted molar refractivity (Wildman–Crippen MR) is 61.8 cm³/mol. The molecule has 0 aliphatic carbocycles. The molecule has 0 aliphatic rings. The quantitative estimate of drug-likeness (QED) is 0.599. The molecule has 1 N–H and O–H groups in total. The molecular formula is C10H17N3OSi. The average Bonchev–Trinajstić information content (AvgIpc) is 2.52. The van der Waals surface area contributed by atoms with E-state index in [1.54, 1.807) is 17.9 Å². The van der Waals surface area contributed by atoms with Gasteiger partial charge in [0.25, 0.3) is 0 Å². The van der Waals surface area contributed by atoms with Crippen molar-refractivity contribution in [1.82, 2.24) is 14.8 Å². The maximum atomic E-state index is 10.0. The maximum Gasteiger partial charge on any atom is 0.141 e. The number of aliphatic hydroxyl groups is 1. The van der Waals surface area contributed by atoms with Crippen molar-refractivity contribution >= 4 is 8.07 Å². The summed E-state index contributed by atoms with van der Waals surface area (Å²) in [4.78, 5) is 3.82. The van der Waals surface area contributed by atoms with Crippen LogP contribution in [-0.2, 0) is 6.54 Å². The number of aromatic nitrogens is 3. The van der Waals surface area contributed by atoms with Gasteiger partial charge in [0.05, 0.1) is 6.54 Å². The molecule has 0 aromatic carbocycles. The topological polar surface area (TPSA) is 50.9 Å². The van der Waals surface area contributed by atoms with Crippen molar-refractivity contribution < 1.29 is 5.11 Å². The second-order valence-corrected chi connectivity index (χ2v) is 9.62. The lowest BCUT2D eigenvalue weighted by atomic mass is 10.1. The van der Waals surface area contributed by atoms with Crippen molar-refractivity contribution in [1.29, 1.82) is 0 Å². The van der Waals surface area contributed by atoms with Gasteiger partial charge in [-0.3, -0.25) is 0 Å². The fourth-order valence-corrected chi connectivity index (χ4v) is 1.64. The van der Waals surface area contributed by atoms with Gasteiger partial charge in [0.1, 0.15) is 26.3 Å². The van der Waals surface area contributed by atoms with Crippen LogP contribution in [0, 0.1) is 11.5 Å². The Balaban J connectivity index is 2.70. The highest BCUT2D eigenvalue weighted by molar-refractivity contribution is 6.83. The standard InChI is InChI=1S/C10H17N3OSi/c1-10(14,5-6-15(2,3)4)7-13-9-11-8-12-13/h8-9,14H,7H2,1-4H3. The number of rotatable bonds is 2. The van der Waals surface area contributed by atoms with Crippen LogP contribution >= 0.6 is 0 Å². The Hall–Kier alpha value is -1.12. The first-order valence-electron chi connectivity index (χ1n) is 4.88. The van der Waals surface area contributed by atoms with Crippen LogP contribution in [-0.4, -0.2) is 33.5 Å². The van der Waals surface area contributed by atoms with Gasteiger partial charge in [0, 0.05) is 0 Å².